The van der Waals surface area contributed by atoms with Crippen molar-refractivity contribution in [3.05, 3.63) is 0 Å². The number of likely N-dealkylation sites (tertiary alicyclic amines) is 1. The highest BCUT2D eigenvalue weighted by Gasteiger charge is 2.35. The Morgan fingerprint density at radius 3 is 2.71 bits per heavy atom. The van der Waals surface area contributed by atoms with Gasteiger partial charge in [-0.05, 0) is 43.7 Å². The van der Waals surface area contributed by atoms with E-state index in [0.29, 0.717) is 5.41 Å². The minimum Gasteiger partial charge on any atom is -0.381 e. The lowest BCUT2D eigenvalue weighted by Crippen LogP contribution is -2.46. The Bertz CT molecular complexity index is 226. The Morgan fingerprint density at radius 2 is 2.12 bits per heavy atom. The summed E-state index contributed by atoms with van der Waals surface area (Å²) in [7, 11) is 0. The topological polar surface area (TPSA) is 24.5 Å². The molecule has 1 N–H and O–H groups in total. The average molecular weight is 240 g/mol. The molecule has 0 amide bonds. The van der Waals surface area contributed by atoms with Crippen molar-refractivity contribution >= 4 is 0 Å². The first-order chi connectivity index (χ1) is 8.24. The van der Waals surface area contributed by atoms with Gasteiger partial charge in [0.1, 0.15) is 0 Å². The third kappa shape index (κ3) is 3.67. The number of hydrogen-bond acceptors (Lipinski definition) is 3. The SMILES string of the molecule is CCNCC1(CN2CCC(C)C2)CCOCC1. The van der Waals surface area contributed by atoms with E-state index in [2.05, 4.69) is 24.1 Å². The van der Waals surface area contributed by atoms with Gasteiger partial charge in [0.05, 0.1) is 0 Å². The van der Waals surface area contributed by atoms with Crippen molar-refractivity contribution in [2.45, 2.75) is 33.1 Å². The van der Waals surface area contributed by atoms with Crippen LogP contribution in [0.15, 0.2) is 0 Å². The predicted octanol–water partition coefficient (Wildman–Crippen LogP) is 1.73. The monoisotopic (exact) mass is 240 g/mol. The quantitative estimate of drug-likeness (QED) is 0.792. The zero-order valence-electron chi connectivity index (χ0n) is 11.5. The Kier molecular flexibility index (Phi) is 4.83. The van der Waals surface area contributed by atoms with E-state index in [1.54, 1.807) is 0 Å². The van der Waals surface area contributed by atoms with E-state index >= 15 is 0 Å². The summed E-state index contributed by atoms with van der Waals surface area (Å²) in [5.74, 6) is 0.894. The molecular formula is C14H28N2O. The zero-order valence-corrected chi connectivity index (χ0v) is 11.5. The molecule has 0 radical (unpaired) electrons. The van der Waals surface area contributed by atoms with Gasteiger partial charge in [-0.3, -0.25) is 0 Å². The summed E-state index contributed by atoms with van der Waals surface area (Å²) < 4.78 is 5.54. The maximum absolute atomic E-state index is 5.54. The van der Waals surface area contributed by atoms with Crippen molar-refractivity contribution in [2.24, 2.45) is 11.3 Å². The number of ether oxygens (including phenoxy) is 1. The molecule has 2 fully saturated rings. The summed E-state index contributed by atoms with van der Waals surface area (Å²) >= 11 is 0. The van der Waals surface area contributed by atoms with Gasteiger partial charge in [-0.2, -0.15) is 0 Å². The number of nitrogens with zero attached hydrogens (tertiary/aromatic N) is 1. The summed E-state index contributed by atoms with van der Waals surface area (Å²) in [4.78, 5) is 2.67. The molecule has 0 aromatic rings. The summed E-state index contributed by atoms with van der Waals surface area (Å²) in [6.45, 7) is 12.6. The number of nitrogens with one attached hydrogen (secondary N) is 1. The van der Waals surface area contributed by atoms with Gasteiger partial charge < -0.3 is 15.0 Å². The molecule has 0 aromatic carbocycles. The maximum atomic E-state index is 5.54. The maximum Gasteiger partial charge on any atom is 0.0472 e. The lowest BCUT2D eigenvalue weighted by atomic mass is 9.79. The van der Waals surface area contributed by atoms with Gasteiger partial charge in [0, 0.05) is 32.8 Å². The van der Waals surface area contributed by atoms with E-state index in [9.17, 15) is 0 Å². The Labute approximate surface area is 106 Å². The van der Waals surface area contributed by atoms with Crippen molar-refractivity contribution in [1.29, 1.82) is 0 Å². The van der Waals surface area contributed by atoms with Gasteiger partial charge in [0.2, 0.25) is 0 Å². The second-order valence-electron chi connectivity index (χ2n) is 6.02. The van der Waals surface area contributed by atoms with Gasteiger partial charge >= 0.3 is 0 Å². The van der Waals surface area contributed by atoms with E-state index in [1.165, 1.54) is 38.9 Å². The summed E-state index contributed by atoms with van der Waals surface area (Å²) in [6, 6.07) is 0. The molecule has 1 unspecified atom stereocenters. The van der Waals surface area contributed by atoms with Crippen molar-refractivity contribution in [2.75, 3.05) is 45.9 Å². The van der Waals surface area contributed by atoms with Crippen LogP contribution in [0.5, 0.6) is 0 Å². The Morgan fingerprint density at radius 1 is 1.35 bits per heavy atom. The molecule has 0 saturated carbocycles. The third-order valence-corrected chi connectivity index (χ3v) is 4.37. The second-order valence-corrected chi connectivity index (χ2v) is 6.02. The molecule has 2 saturated heterocycles. The van der Waals surface area contributed by atoms with E-state index in [0.717, 1.165) is 32.2 Å². The van der Waals surface area contributed by atoms with Crippen LogP contribution in [0, 0.1) is 11.3 Å². The van der Waals surface area contributed by atoms with Crippen molar-refractivity contribution in [3.8, 4) is 0 Å². The van der Waals surface area contributed by atoms with Crippen molar-refractivity contribution < 1.29 is 4.74 Å². The summed E-state index contributed by atoms with van der Waals surface area (Å²) in [5, 5.41) is 3.56. The molecule has 100 valence electrons. The van der Waals surface area contributed by atoms with Crippen LogP contribution < -0.4 is 5.32 Å². The van der Waals surface area contributed by atoms with Crippen LogP contribution in [-0.2, 0) is 4.74 Å². The first-order valence-electron chi connectivity index (χ1n) is 7.25. The van der Waals surface area contributed by atoms with E-state index < -0.39 is 0 Å². The van der Waals surface area contributed by atoms with Crippen LogP contribution >= 0.6 is 0 Å². The number of rotatable bonds is 5. The molecule has 2 heterocycles. The first kappa shape index (κ1) is 13.3. The van der Waals surface area contributed by atoms with Gasteiger partial charge in [-0.1, -0.05) is 13.8 Å². The van der Waals surface area contributed by atoms with E-state index in [4.69, 9.17) is 4.74 Å². The van der Waals surface area contributed by atoms with Crippen LogP contribution in [-0.4, -0.2) is 50.8 Å². The summed E-state index contributed by atoms with van der Waals surface area (Å²) in [5.41, 5.74) is 0.471. The molecule has 0 spiro atoms. The van der Waals surface area contributed by atoms with Crippen molar-refractivity contribution in [1.82, 2.24) is 10.2 Å². The standard InChI is InChI=1S/C14H28N2O/c1-3-15-11-14(5-8-17-9-6-14)12-16-7-4-13(2)10-16/h13,15H,3-12H2,1-2H3. The van der Waals surface area contributed by atoms with Crippen LogP contribution in [0.1, 0.15) is 33.1 Å². The molecule has 2 aliphatic rings. The molecule has 2 aliphatic heterocycles. The van der Waals surface area contributed by atoms with E-state index in [-0.39, 0.29) is 0 Å². The van der Waals surface area contributed by atoms with Crippen LogP contribution in [0.2, 0.25) is 0 Å². The van der Waals surface area contributed by atoms with Crippen LogP contribution in [0.25, 0.3) is 0 Å². The highest BCUT2D eigenvalue weighted by Crippen LogP contribution is 2.32. The fraction of sp³-hybridized carbons (Fsp3) is 1.00. The minimum absolute atomic E-state index is 0.471. The zero-order chi connectivity index (χ0) is 12.1. The van der Waals surface area contributed by atoms with E-state index in [1.807, 2.05) is 0 Å². The molecule has 3 heteroatoms. The fourth-order valence-corrected chi connectivity index (χ4v) is 3.23. The fourth-order valence-electron chi connectivity index (χ4n) is 3.23. The highest BCUT2D eigenvalue weighted by atomic mass is 16.5. The lowest BCUT2D eigenvalue weighted by Gasteiger charge is -2.40. The summed E-state index contributed by atoms with van der Waals surface area (Å²) in [6.07, 6.45) is 3.84. The first-order valence-corrected chi connectivity index (χ1v) is 7.25. The largest absolute Gasteiger partial charge is 0.381 e. The van der Waals surface area contributed by atoms with Gasteiger partial charge in [-0.25, -0.2) is 0 Å². The van der Waals surface area contributed by atoms with Gasteiger partial charge in [0.15, 0.2) is 0 Å². The van der Waals surface area contributed by atoms with Crippen molar-refractivity contribution in [3.63, 3.8) is 0 Å². The number of hydrogen-bond donors (Lipinski definition) is 1. The lowest BCUT2D eigenvalue weighted by molar-refractivity contribution is -0.00110. The smallest absolute Gasteiger partial charge is 0.0472 e. The Hall–Kier alpha value is -0.120. The molecule has 0 aromatic heterocycles. The minimum atomic E-state index is 0.471. The molecule has 0 aliphatic carbocycles. The molecule has 17 heavy (non-hydrogen) atoms. The Balaban J connectivity index is 1.89. The molecule has 0 bridgehead atoms. The average Bonchev–Trinajstić information content (AvgIpc) is 2.73. The third-order valence-electron chi connectivity index (χ3n) is 4.37. The van der Waals surface area contributed by atoms with Gasteiger partial charge in [-0.15, -0.1) is 0 Å². The molecule has 2 rings (SSSR count). The second kappa shape index (κ2) is 6.17. The normalized spacial score (nSPS) is 29.6. The predicted molar refractivity (Wildman–Crippen MR) is 71.3 cm³/mol. The molecule has 3 nitrogen and oxygen atoms in total. The van der Waals surface area contributed by atoms with Crippen LogP contribution in [0.3, 0.4) is 0 Å². The van der Waals surface area contributed by atoms with Gasteiger partial charge in [0.25, 0.3) is 0 Å². The van der Waals surface area contributed by atoms with Crippen LogP contribution in [0.4, 0.5) is 0 Å². The molecular weight excluding hydrogens is 212 g/mol. The highest BCUT2D eigenvalue weighted by molar-refractivity contribution is 4.89. The molecule has 1 atom stereocenters.